The van der Waals surface area contributed by atoms with Crippen LogP contribution < -0.4 is 5.32 Å². The Morgan fingerprint density at radius 3 is 2.50 bits per heavy atom. The summed E-state index contributed by atoms with van der Waals surface area (Å²) >= 11 is 0. The monoisotopic (exact) mass is 226 g/mol. The van der Waals surface area contributed by atoms with Gasteiger partial charge in [0.2, 0.25) is 5.91 Å². The maximum Gasteiger partial charge on any atom is 0.225 e. The summed E-state index contributed by atoms with van der Waals surface area (Å²) in [5.41, 5.74) is 0. The van der Waals surface area contributed by atoms with Gasteiger partial charge in [0.1, 0.15) is 0 Å². The highest BCUT2D eigenvalue weighted by Gasteiger charge is 2.22. The lowest BCUT2D eigenvalue weighted by atomic mass is 9.96. The first kappa shape index (κ1) is 13.5. The molecular formula is C13H26N2O. The Bertz CT molecular complexity index is 212. The van der Waals surface area contributed by atoms with E-state index in [1.165, 1.54) is 12.8 Å². The molecule has 1 rings (SSSR count). The van der Waals surface area contributed by atoms with Crippen LogP contribution in [0.15, 0.2) is 0 Å². The van der Waals surface area contributed by atoms with Crippen molar-refractivity contribution in [2.45, 2.75) is 40.0 Å². The summed E-state index contributed by atoms with van der Waals surface area (Å²) in [6.07, 6.45) is 3.37. The minimum Gasteiger partial charge on any atom is -0.342 e. The van der Waals surface area contributed by atoms with Crippen LogP contribution in [-0.2, 0) is 4.79 Å². The second kappa shape index (κ2) is 6.89. The molecule has 0 spiro atoms. The van der Waals surface area contributed by atoms with Gasteiger partial charge in [-0.2, -0.15) is 0 Å². The van der Waals surface area contributed by atoms with Gasteiger partial charge in [-0.1, -0.05) is 13.8 Å². The predicted octanol–water partition coefficient (Wildman–Crippen LogP) is 1.88. The minimum absolute atomic E-state index is 0.182. The molecule has 0 aromatic carbocycles. The van der Waals surface area contributed by atoms with Gasteiger partial charge in [0.15, 0.2) is 0 Å². The fourth-order valence-electron chi connectivity index (χ4n) is 2.24. The summed E-state index contributed by atoms with van der Waals surface area (Å²) in [4.78, 5) is 14.1. The standard InChI is InChI=1S/C13H26N2O/c1-4-11(3)13(16)15(5-2)10-12-6-8-14-9-7-12/h11-12,14H,4-10H2,1-3H3. The highest BCUT2D eigenvalue weighted by Crippen LogP contribution is 2.15. The third-order valence-electron chi connectivity index (χ3n) is 3.66. The van der Waals surface area contributed by atoms with Crippen molar-refractivity contribution >= 4 is 5.91 Å². The molecule has 1 saturated heterocycles. The molecule has 1 heterocycles. The maximum atomic E-state index is 12.1. The molecule has 0 bridgehead atoms. The lowest BCUT2D eigenvalue weighted by Crippen LogP contribution is -2.41. The van der Waals surface area contributed by atoms with Crippen LogP contribution in [0.25, 0.3) is 0 Å². The van der Waals surface area contributed by atoms with Crippen molar-refractivity contribution in [2.24, 2.45) is 11.8 Å². The molecule has 1 fully saturated rings. The Balaban J connectivity index is 2.43. The van der Waals surface area contributed by atoms with Crippen LogP contribution >= 0.6 is 0 Å². The molecule has 1 N–H and O–H groups in total. The molecule has 1 unspecified atom stereocenters. The molecule has 0 saturated carbocycles. The van der Waals surface area contributed by atoms with Crippen LogP contribution in [0.4, 0.5) is 0 Å². The van der Waals surface area contributed by atoms with Crippen LogP contribution in [0.1, 0.15) is 40.0 Å². The van der Waals surface area contributed by atoms with Gasteiger partial charge >= 0.3 is 0 Å². The largest absolute Gasteiger partial charge is 0.342 e. The summed E-state index contributed by atoms with van der Waals surface area (Å²) in [6.45, 7) is 10.2. The summed E-state index contributed by atoms with van der Waals surface area (Å²) in [7, 11) is 0. The van der Waals surface area contributed by atoms with Gasteiger partial charge in [0, 0.05) is 19.0 Å². The van der Waals surface area contributed by atoms with Gasteiger partial charge < -0.3 is 10.2 Å². The average molecular weight is 226 g/mol. The summed E-state index contributed by atoms with van der Waals surface area (Å²) in [5, 5.41) is 3.37. The van der Waals surface area contributed by atoms with Crippen molar-refractivity contribution in [2.75, 3.05) is 26.2 Å². The van der Waals surface area contributed by atoms with Gasteiger partial charge in [0.25, 0.3) is 0 Å². The molecule has 94 valence electrons. The van der Waals surface area contributed by atoms with Gasteiger partial charge in [0.05, 0.1) is 0 Å². The van der Waals surface area contributed by atoms with Crippen molar-refractivity contribution in [1.82, 2.24) is 10.2 Å². The van der Waals surface area contributed by atoms with E-state index in [2.05, 4.69) is 19.2 Å². The van der Waals surface area contributed by atoms with Crippen molar-refractivity contribution in [3.63, 3.8) is 0 Å². The first-order valence-electron chi connectivity index (χ1n) is 6.68. The fraction of sp³-hybridized carbons (Fsp3) is 0.923. The van der Waals surface area contributed by atoms with Crippen molar-refractivity contribution in [1.29, 1.82) is 0 Å². The van der Waals surface area contributed by atoms with E-state index >= 15 is 0 Å². The molecule has 16 heavy (non-hydrogen) atoms. The van der Waals surface area contributed by atoms with Crippen molar-refractivity contribution in [3.8, 4) is 0 Å². The number of carbonyl (C=O) groups excluding carboxylic acids is 1. The van der Waals surface area contributed by atoms with E-state index in [4.69, 9.17) is 0 Å². The average Bonchev–Trinajstić information content (AvgIpc) is 2.35. The first-order valence-corrected chi connectivity index (χ1v) is 6.68. The molecule has 1 aliphatic heterocycles. The Morgan fingerprint density at radius 1 is 1.38 bits per heavy atom. The molecule has 3 nitrogen and oxygen atoms in total. The summed E-state index contributed by atoms with van der Waals surface area (Å²) in [6, 6.07) is 0. The minimum atomic E-state index is 0.182. The number of rotatable bonds is 5. The fourth-order valence-corrected chi connectivity index (χ4v) is 2.24. The van der Waals surface area contributed by atoms with E-state index in [1.807, 2.05) is 11.8 Å². The van der Waals surface area contributed by atoms with E-state index in [-0.39, 0.29) is 5.92 Å². The van der Waals surface area contributed by atoms with Crippen LogP contribution in [0.5, 0.6) is 0 Å². The molecule has 0 aromatic rings. The molecule has 1 aliphatic rings. The zero-order valence-electron chi connectivity index (χ0n) is 11.0. The third kappa shape index (κ3) is 3.78. The zero-order valence-corrected chi connectivity index (χ0v) is 11.0. The quantitative estimate of drug-likeness (QED) is 0.776. The second-order valence-corrected chi connectivity index (χ2v) is 4.88. The number of nitrogens with one attached hydrogen (secondary N) is 1. The van der Waals surface area contributed by atoms with Crippen LogP contribution in [0.2, 0.25) is 0 Å². The van der Waals surface area contributed by atoms with Crippen LogP contribution in [-0.4, -0.2) is 37.0 Å². The maximum absolute atomic E-state index is 12.1. The van der Waals surface area contributed by atoms with Gasteiger partial charge in [-0.05, 0) is 45.2 Å². The molecule has 0 radical (unpaired) electrons. The number of amides is 1. The summed E-state index contributed by atoms with van der Waals surface area (Å²) < 4.78 is 0. The van der Waals surface area contributed by atoms with Gasteiger partial charge in [-0.15, -0.1) is 0 Å². The highest BCUT2D eigenvalue weighted by molar-refractivity contribution is 5.78. The Kier molecular flexibility index (Phi) is 5.81. The molecule has 1 amide bonds. The topological polar surface area (TPSA) is 32.3 Å². The number of hydrogen-bond acceptors (Lipinski definition) is 2. The molecule has 1 atom stereocenters. The van der Waals surface area contributed by atoms with E-state index < -0.39 is 0 Å². The zero-order chi connectivity index (χ0) is 12.0. The van der Waals surface area contributed by atoms with Crippen LogP contribution in [0, 0.1) is 11.8 Å². The number of piperidine rings is 1. The van der Waals surface area contributed by atoms with E-state index in [1.54, 1.807) is 0 Å². The van der Waals surface area contributed by atoms with Gasteiger partial charge in [-0.3, -0.25) is 4.79 Å². The van der Waals surface area contributed by atoms with Gasteiger partial charge in [-0.25, -0.2) is 0 Å². The first-order chi connectivity index (χ1) is 7.69. The molecule has 0 aliphatic carbocycles. The van der Waals surface area contributed by atoms with E-state index in [9.17, 15) is 4.79 Å². The smallest absolute Gasteiger partial charge is 0.225 e. The number of carbonyl (C=O) groups is 1. The SMILES string of the molecule is CCC(C)C(=O)N(CC)CC1CCNCC1. The molecular weight excluding hydrogens is 200 g/mol. The number of nitrogens with zero attached hydrogens (tertiary/aromatic N) is 1. The van der Waals surface area contributed by atoms with E-state index in [0.717, 1.165) is 32.6 Å². The Morgan fingerprint density at radius 2 is 2.00 bits per heavy atom. The Hall–Kier alpha value is -0.570. The van der Waals surface area contributed by atoms with E-state index in [0.29, 0.717) is 11.8 Å². The highest BCUT2D eigenvalue weighted by atomic mass is 16.2. The Labute approximate surface area is 99.6 Å². The number of hydrogen-bond donors (Lipinski definition) is 1. The second-order valence-electron chi connectivity index (χ2n) is 4.88. The van der Waals surface area contributed by atoms with Crippen molar-refractivity contribution in [3.05, 3.63) is 0 Å². The molecule has 3 heteroatoms. The normalized spacial score (nSPS) is 19.4. The molecule has 0 aromatic heterocycles. The summed E-state index contributed by atoms with van der Waals surface area (Å²) in [5.74, 6) is 1.22. The van der Waals surface area contributed by atoms with Crippen molar-refractivity contribution < 1.29 is 4.79 Å². The predicted molar refractivity (Wildman–Crippen MR) is 67.3 cm³/mol. The van der Waals surface area contributed by atoms with Crippen LogP contribution in [0.3, 0.4) is 0 Å². The third-order valence-corrected chi connectivity index (χ3v) is 3.66. The lowest BCUT2D eigenvalue weighted by Gasteiger charge is -2.30. The lowest BCUT2D eigenvalue weighted by molar-refractivity contribution is -0.135.